The predicted molar refractivity (Wildman–Crippen MR) is 49.5 cm³/mol. The molecule has 0 saturated heterocycles. The van der Waals surface area contributed by atoms with E-state index in [4.69, 9.17) is 5.73 Å². The van der Waals surface area contributed by atoms with E-state index in [1.54, 1.807) is 6.92 Å². The fraction of sp³-hybridized carbons (Fsp3) is 0.143. The minimum Gasteiger partial charge on any atom is -0.398 e. The lowest BCUT2D eigenvalue weighted by molar-refractivity contribution is -0.385. The standard InChI is InChI=1S/C7H8N2O2S/c1-4-6(9(10)11)3-2-5(8)7(4)12/h2-3,12H,8H2,1H3. The van der Waals surface area contributed by atoms with E-state index in [0.29, 0.717) is 16.1 Å². The zero-order valence-electron chi connectivity index (χ0n) is 6.44. The third-order valence-corrected chi connectivity index (χ3v) is 2.22. The van der Waals surface area contributed by atoms with E-state index >= 15 is 0 Å². The number of benzene rings is 1. The molecule has 0 aromatic heterocycles. The second-order valence-corrected chi connectivity index (χ2v) is 2.85. The third kappa shape index (κ3) is 1.35. The number of hydrogen-bond acceptors (Lipinski definition) is 4. The normalized spacial score (nSPS) is 9.83. The summed E-state index contributed by atoms with van der Waals surface area (Å²) in [6, 6.07) is 2.86. The second-order valence-electron chi connectivity index (χ2n) is 2.40. The van der Waals surface area contributed by atoms with Crippen molar-refractivity contribution in [3.05, 3.63) is 27.8 Å². The van der Waals surface area contributed by atoms with Gasteiger partial charge in [-0.2, -0.15) is 0 Å². The number of nitro groups is 1. The largest absolute Gasteiger partial charge is 0.398 e. The summed E-state index contributed by atoms with van der Waals surface area (Å²) in [5.41, 5.74) is 6.50. The van der Waals surface area contributed by atoms with Crippen molar-refractivity contribution < 1.29 is 4.92 Å². The molecule has 0 bridgehead atoms. The lowest BCUT2D eigenvalue weighted by Crippen LogP contribution is -1.95. The quantitative estimate of drug-likeness (QED) is 0.302. The minimum atomic E-state index is -0.450. The summed E-state index contributed by atoms with van der Waals surface area (Å²) in [7, 11) is 0. The van der Waals surface area contributed by atoms with Gasteiger partial charge in [0.2, 0.25) is 0 Å². The molecule has 2 N–H and O–H groups in total. The first-order chi connectivity index (χ1) is 5.54. The van der Waals surface area contributed by atoms with Crippen molar-refractivity contribution in [3.63, 3.8) is 0 Å². The van der Waals surface area contributed by atoms with Crippen molar-refractivity contribution >= 4 is 24.0 Å². The molecular weight excluding hydrogens is 176 g/mol. The molecule has 0 aliphatic rings. The monoisotopic (exact) mass is 184 g/mol. The van der Waals surface area contributed by atoms with Crippen LogP contribution in [0.3, 0.4) is 0 Å². The third-order valence-electron chi connectivity index (χ3n) is 1.63. The van der Waals surface area contributed by atoms with Crippen LogP contribution in [0.25, 0.3) is 0 Å². The fourth-order valence-corrected chi connectivity index (χ4v) is 1.10. The van der Waals surface area contributed by atoms with Crippen LogP contribution in [0.15, 0.2) is 17.0 Å². The Morgan fingerprint density at radius 3 is 2.67 bits per heavy atom. The maximum absolute atomic E-state index is 10.4. The van der Waals surface area contributed by atoms with E-state index in [1.165, 1.54) is 12.1 Å². The van der Waals surface area contributed by atoms with E-state index in [2.05, 4.69) is 12.6 Å². The van der Waals surface area contributed by atoms with Crippen molar-refractivity contribution in [2.75, 3.05) is 5.73 Å². The van der Waals surface area contributed by atoms with E-state index in [1.807, 2.05) is 0 Å². The van der Waals surface area contributed by atoms with Gasteiger partial charge in [-0.05, 0) is 13.0 Å². The van der Waals surface area contributed by atoms with Crippen molar-refractivity contribution in [2.24, 2.45) is 0 Å². The van der Waals surface area contributed by atoms with Gasteiger partial charge in [0.1, 0.15) is 0 Å². The van der Waals surface area contributed by atoms with Gasteiger partial charge in [0.05, 0.1) is 4.92 Å². The molecule has 4 nitrogen and oxygen atoms in total. The summed E-state index contributed by atoms with van der Waals surface area (Å²) in [6.07, 6.45) is 0. The van der Waals surface area contributed by atoms with Gasteiger partial charge < -0.3 is 5.73 Å². The summed E-state index contributed by atoms with van der Waals surface area (Å²) in [4.78, 5) is 10.4. The molecule has 1 aromatic carbocycles. The van der Waals surface area contributed by atoms with Gasteiger partial charge >= 0.3 is 0 Å². The van der Waals surface area contributed by atoms with E-state index in [0.717, 1.165) is 0 Å². The fourth-order valence-electron chi connectivity index (χ4n) is 0.908. The van der Waals surface area contributed by atoms with Crippen LogP contribution in [0.1, 0.15) is 5.56 Å². The Labute approximate surface area is 74.9 Å². The molecule has 0 fully saturated rings. The Hall–Kier alpha value is -1.23. The van der Waals surface area contributed by atoms with E-state index < -0.39 is 4.92 Å². The van der Waals surface area contributed by atoms with Gasteiger partial charge in [-0.3, -0.25) is 10.1 Å². The zero-order valence-corrected chi connectivity index (χ0v) is 7.34. The SMILES string of the molecule is Cc1c([N+](=O)[O-])ccc(N)c1S. The highest BCUT2D eigenvalue weighted by atomic mass is 32.1. The van der Waals surface area contributed by atoms with Crippen molar-refractivity contribution in [1.29, 1.82) is 0 Å². The van der Waals surface area contributed by atoms with Crippen molar-refractivity contribution in [1.82, 2.24) is 0 Å². The van der Waals surface area contributed by atoms with Crippen LogP contribution < -0.4 is 5.73 Å². The van der Waals surface area contributed by atoms with Crippen LogP contribution in [0.2, 0.25) is 0 Å². The number of nitrogens with two attached hydrogens (primary N) is 1. The predicted octanol–water partition coefficient (Wildman–Crippen LogP) is 1.77. The van der Waals surface area contributed by atoms with Crippen LogP contribution >= 0.6 is 12.6 Å². The number of nitro benzene ring substituents is 1. The van der Waals surface area contributed by atoms with Crippen molar-refractivity contribution in [3.8, 4) is 0 Å². The molecule has 0 spiro atoms. The molecule has 0 aliphatic carbocycles. The lowest BCUT2D eigenvalue weighted by atomic mass is 10.2. The average molecular weight is 184 g/mol. The van der Waals surface area contributed by atoms with E-state index in [-0.39, 0.29) is 5.69 Å². The highest BCUT2D eigenvalue weighted by Crippen LogP contribution is 2.28. The summed E-state index contributed by atoms with van der Waals surface area (Å²) in [5.74, 6) is 0. The Morgan fingerprint density at radius 1 is 1.58 bits per heavy atom. The first-order valence-electron chi connectivity index (χ1n) is 3.26. The summed E-state index contributed by atoms with van der Waals surface area (Å²) >= 11 is 4.05. The first-order valence-corrected chi connectivity index (χ1v) is 3.71. The molecular formula is C7H8N2O2S. The maximum Gasteiger partial charge on any atom is 0.273 e. The molecule has 0 saturated carbocycles. The molecule has 64 valence electrons. The number of thiol groups is 1. The second kappa shape index (κ2) is 3.02. The molecule has 0 heterocycles. The Morgan fingerprint density at radius 2 is 2.17 bits per heavy atom. The van der Waals surface area contributed by atoms with Crippen LogP contribution in [-0.4, -0.2) is 4.92 Å². The highest BCUT2D eigenvalue weighted by molar-refractivity contribution is 7.80. The van der Waals surface area contributed by atoms with Gasteiger partial charge in [0.15, 0.2) is 0 Å². The van der Waals surface area contributed by atoms with Crippen LogP contribution in [0.4, 0.5) is 11.4 Å². The van der Waals surface area contributed by atoms with Crippen LogP contribution in [-0.2, 0) is 0 Å². The number of nitrogens with zero attached hydrogens (tertiary/aromatic N) is 1. The van der Waals surface area contributed by atoms with Gasteiger partial charge in [-0.15, -0.1) is 12.6 Å². The number of anilines is 1. The maximum atomic E-state index is 10.4. The van der Waals surface area contributed by atoms with Gasteiger partial charge in [0, 0.05) is 22.2 Å². The lowest BCUT2D eigenvalue weighted by Gasteiger charge is -2.02. The molecule has 5 heteroatoms. The molecule has 1 aromatic rings. The smallest absolute Gasteiger partial charge is 0.273 e. The Kier molecular flexibility index (Phi) is 2.23. The Bertz CT molecular complexity index is 338. The van der Waals surface area contributed by atoms with Crippen molar-refractivity contribution in [2.45, 2.75) is 11.8 Å². The molecule has 0 amide bonds. The molecule has 0 atom stereocenters. The Balaban J connectivity index is 3.36. The zero-order chi connectivity index (χ0) is 9.30. The molecule has 0 unspecified atom stereocenters. The summed E-state index contributed by atoms with van der Waals surface area (Å²) in [6.45, 7) is 1.62. The average Bonchev–Trinajstić information content (AvgIpc) is 2.00. The topological polar surface area (TPSA) is 69.2 Å². The number of rotatable bonds is 1. The van der Waals surface area contributed by atoms with Gasteiger partial charge in [-0.1, -0.05) is 0 Å². The number of nitrogen functional groups attached to an aromatic ring is 1. The molecule has 1 rings (SSSR count). The highest BCUT2D eigenvalue weighted by Gasteiger charge is 2.13. The molecule has 12 heavy (non-hydrogen) atoms. The minimum absolute atomic E-state index is 0.0502. The molecule has 0 aliphatic heterocycles. The van der Waals surface area contributed by atoms with Gasteiger partial charge in [0.25, 0.3) is 5.69 Å². The number of hydrogen-bond donors (Lipinski definition) is 2. The van der Waals surface area contributed by atoms with Crippen LogP contribution in [0.5, 0.6) is 0 Å². The molecule has 0 radical (unpaired) electrons. The summed E-state index contributed by atoms with van der Waals surface area (Å²) < 4.78 is 0. The van der Waals surface area contributed by atoms with Crippen LogP contribution in [0, 0.1) is 17.0 Å². The van der Waals surface area contributed by atoms with E-state index in [9.17, 15) is 10.1 Å². The van der Waals surface area contributed by atoms with Gasteiger partial charge in [-0.25, -0.2) is 0 Å². The summed E-state index contributed by atoms with van der Waals surface area (Å²) in [5, 5.41) is 10.4. The first kappa shape index (κ1) is 8.86.